The molecule has 9 heteroatoms. The summed E-state index contributed by atoms with van der Waals surface area (Å²) in [7, 11) is -10.8. The quantitative estimate of drug-likeness (QED) is 0.154. The molecule has 3 nitrogen and oxygen atoms in total. The van der Waals surface area contributed by atoms with Crippen LogP contribution in [0, 0.1) is 23.3 Å². The van der Waals surface area contributed by atoms with E-state index >= 15 is 8.78 Å². The van der Waals surface area contributed by atoms with Crippen LogP contribution in [0.15, 0.2) is 117 Å². The number of rotatable bonds is 6. The lowest BCUT2D eigenvalue weighted by Crippen LogP contribution is -2.40. The van der Waals surface area contributed by atoms with Gasteiger partial charge < -0.3 is 0 Å². The standard InChI is InChI=1S/C26H20F4O3S2/c1-2-21-22(27)24(29)26(25(30)23(21)28)35(31,32,33)34(18-12-6-3-7-13-18,19-14-8-4-9-15-19)20-16-10-5-11-17-20/h2-17H,1H2,(H2,31,32,33). The van der Waals surface area contributed by atoms with Crippen LogP contribution in [0.5, 0.6) is 0 Å². The van der Waals surface area contributed by atoms with E-state index in [0.29, 0.717) is 6.08 Å². The van der Waals surface area contributed by atoms with Crippen LogP contribution < -0.4 is 0 Å². The van der Waals surface area contributed by atoms with Gasteiger partial charge in [0.25, 0.3) is 0 Å². The van der Waals surface area contributed by atoms with E-state index in [9.17, 15) is 22.1 Å². The maximum atomic E-state index is 15.4. The van der Waals surface area contributed by atoms with Crippen molar-refractivity contribution in [2.45, 2.75) is 19.6 Å². The maximum Gasteiger partial charge on any atom is 0.182 e. The second-order valence-corrected chi connectivity index (χ2v) is 15.3. The predicted molar refractivity (Wildman–Crippen MR) is 130 cm³/mol. The Morgan fingerprint density at radius 1 is 0.629 bits per heavy atom. The molecule has 0 radical (unpaired) electrons. The average molecular weight is 521 g/mol. The Bertz CT molecular complexity index is 1350. The molecular weight excluding hydrogens is 500 g/mol. The molecule has 0 amide bonds. The molecule has 0 unspecified atom stereocenters. The molecule has 2 N–H and O–H groups in total. The molecule has 35 heavy (non-hydrogen) atoms. The molecule has 0 saturated carbocycles. The highest BCUT2D eigenvalue weighted by atomic mass is 33.2. The number of hydrogen-bond donors (Lipinski definition) is 2. The van der Waals surface area contributed by atoms with Gasteiger partial charge in [0.1, 0.15) is 0 Å². The molecule has 182 valence electrons. The topological polar surface area (TPSA) is 57.5 Å². The molecule has 0 aliphatic carbocycles. The Balaban J connectivity index is 2.31. The van der Waals surface area contributed by atoms with Gasteiger partial charge in [-0.3, -0.25) is 9.11 Å². The molecule has 0 saturated heterocycles. The van der Waals surface area contributed by atoms with E-state index in [1.807, 2.05) is 0 Å². The van der Waals surface area contributed by atoms with Crippen LogP contribution in [-0.2, 0) is 8.66 Å². The second kappa shape index (κ2) is 8.76. The summed E-state index contributed by atoms with van der Waals surface area (Å²) in [6.45, 7) is 3.13. The van der Waals surface area contributed by atoms with E-state index in [-0.39, 0.29) is 14.7 Å². The summed E-state index contributed by atoms with van der Waals surface area (Å²) in [4.78, 5) is -1.88. The van der Waals surface area contributed by atoms with Gasteiger partial charge in [-0.25, -0.2) is 21.8 Å². The summed E-state index contributed by atoms with van der Waals surface area (Å²) in [6.07, 6.45) is 0.540. The van der Waals surface area contributed by atoms with Gasteiger partial charge in [-0.05, 0) is 36.4 Å². The van der Waals surface area contributed by atoms with Crippen molar-refractivity contribution in [3.8, 4) is 0 Å². The molecular formula is C26H20F4O3S2. The smallest absolute Gasteiger partial charge is 0.182 e. The third-order valence-corrected chi connectivity index (χ3v) is 15.2. The minimum absolute atomic E-state index is 0.0341. The highest BCUT2D eigenvalue weighted by Gasteiger charge is 2.59. The minimum Gasteiger partial charge on any atom is -0.297 e. The molecule has 0 aliphatic heterocycles. The van der Waals surface area contributed by atoms with Crippen LogP contribution in [0.1, 0.15) is 5.56 Å². The van der Waals surface area contributed by atoms with Crippen molar-refractivity contribution in [2.24, 2.45) is 0 Å². The zero-order valence-electron chi connectivity index (χ0n) is 18.1. The molecule has 0 bridgehead atoms. The Labute approximate surface area is 200 Å². The fourth-order valence-corrected chi connectivity index (χ4v) is 13.8. The van der Waals surface area contributed by atoms with E-state index in [4.69, 9.17) is 0 Å². The van der Waals surface area contributed by atoms with Gasteiger partial charge in [0.2, 0.25) is 0 Å². The summed E-state index contributed by atoms with van der Waals surface area (Å²) in [6, 6.07) is 22.4. The van der Waals surface area contributed by atoms with Crippen LogP contribution in [0.25, 0.3) is 6.08 Å². The number of hydrogen-bond acceptors (Lipinski definition) is 1. The van der Waals surface area contributed by atoms with Crippen molar-refractivity contribution >= 4 is 23.8 Å². The lowest BCUT2D eigenvalue weighted by molar-refractivity contribution is 0.371. The first-order valence-electron chi connectivity index (χ1n) is 10.2. The van der Waals surface area contributed by atoms with Crippen LogP contribution >= 0.6 is 9.06 Å². The highest BCUT2D eigenvalue weighted by molar-refractivity contribution is 8.97. The highest BCUT2D eigenvalue weighted by Crippen LogP contribution is 2.81. The molecule has 4 rings (SSSR count). The van der Waals surface area contributed by atoms with Gasteiger partial charge in [0.05, 0.1) is 5.56 Å². The Morgan fingerprint density at radius 2 is 0.943 bits per heavy atom. The largest absolute Gasteiger partial charge is 0.297 e. The molecule has 0 aromatic heterocycles. The Kier molecular flexibility index (Phi) is 6.23. The van der Waals surface area contributed by atoms with Crippen LogP contribution in [0.3, 0.4) is 0 Å². The third kappa shape index (κ3) is 3.54. The van der Waals surface area contributed by atoms with Crippen LogP contribution in [-0.4, -0.2) is 13.3 Å². The number of benzene rings is 4. The van der Waals surface area contributed by atoms with E-state index in [0.717, 1.165) is 0 Å². The van der Waals surface area contributed by atoms with Crippen molar-refractivity contribution in [3.63, 3.8) is 0 Å². The van der Waals surface area contributed by atoms with Crippen molar-refractivity contribution < 1.29 is 30.9 Å². The first kappa shape index (κ1) is 24.9. The average Bonchev–Trinajstić information content (AvgIpc) is 2.85. The lowest BCUT2D eigenvalue weighted by atomic mass is 10.2. The van der Waals surface area contributed by atoms with Gasteiger partial charge in [-0.1, -0.05) is 76.3 Å². The molecule has 0 heterocycles. The van der Waals surface area contributed by atoms with Crippen molar-refractivity contribution in [3.05, 3.63) is 126 Å². The van der Waals surface area contributed by atoms with E-state index < -0.39 is 51.4 Å². The van der Waals surface area contributed by atoms with E-state index in [1.54, 1.807) is 18.2 Å². The SMILES string of the molecule is C=Cc1c(F)c(F)c(S(=O)(O)(O)S(c2ccccc2)(c2ccccc2)c2ccccc2)c(F)c1F. The molecule has 0 aliphatic rings. The predicted octanol–water partition coefficient (Wildman–Crippen LogP) is 7.91. The first-order chi connectivity index (χ1) is 16.6. The zero-order valence-corrected chi connectivity index (χ0v) is 19.7. The minimum atomic E-state index is -6.87. The van der Waals surface area contributed by atoms with Crippen molar-refractivity contribution in [1.29, 1.82) is 0 Å². The van der Waals surface area contributed by atoms with E-state index in [1.165, 1.54) is 72.8 Å². The normalized spacial score (nSPS) is 13.6. The molecule has 4 aromatic carbocycles. The van der Waals surface area contributed by atoms with E-state index in [2.05, 4.69) is 6.58 Å². The fourth-order valence-electron chi connectivity index (χ4n) is 4.00. The summed E-state index contributed by atoms with van der Waals surface area (Å²) >= 11 is 0. The Hall–Kier alpha value is -3.24. The summed E-state index contributed by atoms with van der Waals surface area (Å²) < 4.78 is 98.7. The third-order valence-electron chi connectivity index (χ3n) is 5.49. The molecule has 0 atom stereocenters. The fraction of sp³-hybridized carbons (Fsp3) is 0. The van der Waals surface area contributed by atoms with Crippen molar-refractivity contribution in [2.75, 3.05) is 0 Å². The van der Waals surface area contributed by atoms with Gasteiger partial charge in [-0.2, -0.15) is 0 Å². The molecule has 4 aromatic rings. The first-order valence-corrected chi connectivity index (χ1v) is 14.2. The summed E-state index contributed by atoms with van der Waals surface area (Å²) in [5, 5.41) is 0. The van der Waals surface area contributed by atoms with Gasteiger partial charge in [-0.15, -0.1) is 0 Å². The monoisotopic (exact) mass is 520 g/mol. The summed E-state index contributed by atoms with van der Waals surface area (Å²) in [5.74, 6) is -8.25. The van der Waals surface area contributed by atoms with Crippen LogP contribution in [0.2, 0.25) is 0 Å². The van der Waals surface area contributed by atoms with Crippen molar-refractivity contribution in [1.82, 2.24) is 0 Å². The molecule has 0 spiro atoms. The lowest BCUT2D eigenvalue weighted by Gasteiger charge is -2.54. The second-order valence-electron chi connectivity index (χ2n) is 7.50. The van der Waals surface area contributed by atoms with Gasteiger partial charge in [0.15, 0.2) is 36.8 Å². The number of halogens is 4. The van der Waals surface area contributed by atoms with Gasteiger partial charge in [0, 0.05) is 14.7 Å². The van der Waals surface area contributed by atoms with Gasteiger partial charge >= 0.3 is 0 Å². The maximum absolute atomic E-state index is 15.4. The zero-order chi connectivity index (χ0) is 25.5. The summed E-state index contributed by atoms with van der Waals surface area (Å²) in [5.41, 5.74) is -1.16. The Morgan fingerprint density at radius 3 is 1.23 bits per heavy atom. The molecule has 0 fully saturated rings. The van der Waals surface area contributed by atoms with Crippen LogP contribution in [0.4, 0.5) is 17.6 Å².